The molecule has 1 aliphatic rings. The molecule has 1 N–H and O–H groups in total. The Hall–Kier alpha value is -3.94. The van der Waals surface area contributed by atoms with Gasteiger partial charge in [-0.15, -0.1) is 10.2 Å². The fourth-order valence-electron chi connectivity index (χ4n) is 4.01. The Morgan fingerprint density at radius 2 is 1.43 bits per heavy atom. The van der Waals surface area contributed by atoms with Gasteiger partial charge < -0.3 is 19.5 Å². The largest absolute Gasteiger partial charge is 0.490 e. The van der Waals surface area contributed by atoms with Crippen LogP contribution in [-0.2, 0) is 10.2 Å². The van der Waals surface area contributed by atoms with Crippen molar-refractivity contribution in [2.24, 2.45) is 0 Å². The first-order valence-corrected chi connectivity index (χ1v) is 12.4. The zero-order valence-electron chi connectivity index (χ0n) is 21.9. The van der Waals surface area contributed by atoms with E-state index in [9.17, 15) is 9.59 Å². The van der Waals surface area contributed by atoms with Crippen LogP contribution < -0.4 is 14.8 Å². The lowest BCUT2D eigenvalue weighted by Gasteiger charge is -2.35. The minimum atomic E-state index is -0.385. The third kappa shape index (κ3) is 6.84. The van der Waals surface area contributed by atoms with Crippen LogP contribution in [0.2, 0.25) is 0 Å². The van der Waals surface area contributed by atoms with Crippen molar-refractivity contribution in [2.75, 3.05) is 0 Å². The normalized spacial score (nSPS) is 17.3. The summed E-state index contributed by atoms with van der Waals surface area (Å²) in [7, 11) is 0. The van der Waals surface area contributed by atoms with E-state index in [2.05, 4.69) is 41.5 Å². The highest BCUT2D eigenvalue weighted by molar-refractivity contribution is 5.71. The topological polar surface area (TPSA) is 99.6 Å². The molecular formula is C29H33N3O5. The molecule has 0 atom stereocenters. The summed E-state index contributed by atoms with van der Waals surface area (Å²) < 4.78 is 17.2. The monoisotopic (exact) mass is 503 g/mol. The smallest absolute Gasteiger partial charge is 0.407 e. The zero-order valence-corrected chi connectivity index (χ0v) is 21.9. The Morgan fingerprint density at radius 1 is 0.838 bits per heavy atom. The van der Waals surface area contributed by atoms with Crippen LogP contribution in [-0.4, -0.2) is 40.3 Å². The van der Waals surface area contributed by atoms with Gasteiger partial charge in [-0.2, -0.15) is 0 Å². The van der Waals surface area contributed by atoms with Gasteiger partial charge in [0.15, 0.2) is 6.29 Å². The fraction of sp³-hybridized carbons (Fsp3) is 0.379. The Balaban J connectivity index is 1.30. The number of amides is 1. The summed E-state index contributed by atoms with van der Waals surface area (Å²) in [5.74, 6) is 1.76. The molecule has 194 valence electrons. The van der Waals surface area contributed by atoms with Crippen LogP contribution in [0.25, 0.3) is 0 Å². The van der Waals surface area contributed by atoms with Gasteiger partial charge in [-0.25, -0.2) is 4.79 Å². The summed E-state index contributed by atoms with van der Waals surface area (Å²) in [4.78, 5) is 22.6. The van der Waals surface area contributed by atoms with E-state index in [1.807, 2.05) is 57.2 Å². The number of hydrogen-bond acceptors (Lipinski definition) is 7. The van der Waals surface area contributed by atoms with Gasteiger partial charge >= 0.3 is 6.09 Å². The van der Waals surface area contributed by atoms with Gasteiger partial charge in [0.2, 0.25) is 5.88 Å². The van der Waals surface area contributed by atoms with Gasteiger partial charge in [-0.3, -0.25) is 4.79 Å². The molecule has 0 saturated heterocycles. The predicted octanol–water partition coefficient (Wildman–Crippen LogP) is 5.84. The zero-order chi connectivity index (χ0) is 26.6. The van der Waals surface area contributed by atoms with E-state index < -0.39 is 0 Å². The molecule has 1 aliphatic carbocycles. The van der Waals surface area contributed by atoms with Crippen LogP contribution >= 0.6 is 0 Å². The molecule has 1 heterocycles. The first-order valence-electron chi connectivity index (χ1n) is 12.4. The summed E-state index contributed by atoms with van der Waals surface area (Å²) in [6, 6.07) is 19.1. The first-order chi connectivity index (χ1) is 17.5. The summed E-state index contributed by atoms with van der Waals surface area (Å²) in [5.41, 5.74) is 1.98. The molecule has 37 heavy (non-hydrogen) atoms. The van der Waals surface area contributed by atoms with Crippen LogP contribution in [0.1, 0.15) is 69.1 Å². The molecule has 1 fully saturated rings. The number of nitrogens with zero attached hydrogens (tertiary/aromatic N) is 2. The maximum Gasteiger partial charge on any atom is 0.407 e. The lowest BCUT2D eigenvalue weighted by molar-refractivity contribution is -0.0243. The number of aldehydes is 1. The highest BCUT2D eigenvalue weighted by atomic mass is 16.6. The van der Waals surface area contributed by atoms with E-state index in [0.29, 0.717) is 30.8 Å². The molecule has 3 aromatic rings. The van der Waals surface area contributed by atoms with E-state index in [0.717, 1.165) is 16.9 Å². The van der Waals surface area contributed by atoms with Crippen LogP contribution in [0, 0.1) is 0 Å². The van der Waals surface area contributed by atoms with Crippen molar-refractivity contribution in [1.82, 2.24) is 15.5 Å². The SMILES string of the molecule is CC(C)(C)NC(=O)OC1CC(Oc2ccc(C(C)(C)c3ccc(Oc4ccc(C=O)nn4)cc3)cc2)C1. The average molecular weight is 504 g/mol. The van der Waals surface area contributed by atoms with Crippen LogP contribution in [0.3, 0.4) is 0 Å². The van der Waals surface area contributed by atoms with Crippen molar-refractivity contribution in [1.29, 1.82) is 0 Å². The molecule has 0 aliphatic heterocycles. The standard InChI is InChI=1S/C29H33N3O5/c1-28(2,3)30-27(34)37-25-16-24(17-25)35-22-11-6-19(7-12-22)29(4,5)20-8-13-23(14-9-20)36-26-15-10-21(18-33)31-32-26/h6-15,18,24-25H,16-17H2,1-5H3,(H,30,34). The molecule has 0 unspecified atom stereocenters. The van der Waals surface area contributed by atoms with E-state index in [4.69, 9.17) is 14.2 Å². The second kappa shape index (κ2) is 10.6. The van der Waals surface area contributed by atoms with Crippen LogP contribution in [0.5, 0.6) is 17.4 Å². The lowest BCUT2D eigenvalue weighted by Crippen LogP contribution is -2.46. The number of carbonyl (C=O) groups is 2. The summed E-state index contributed by atoms with van der Waals surface area (Å²) in [6.45, 7) is 10.1. The Kier molecular flexibility index (Phi) is 7.47. The molecule has 8 nitrogen and oxygen atoms in total. The number of aromatic nitrogens is 2. The predicted molar refractivity (Wildman–Crippen MR) is 139 cm³/mol. The van der Waals surface area contributed by atoms with Gasteiger partial charge in [-0.1, -0.05) is 38.1 Å². The number of nitrogens with one attached hydrogen (secondary N) is 1. The third-order valence-corrected chi connectivity index (χ3v) is 6.26. The number of carbonyl (C=O) groups excluding carboxylic acids is 2. The molecule has 8 heteroatoms. The summed E-state index contributed by atoms with van der Waals surface area (Å²) in [5, 5.41) is 10.5. The van der Waals surface area contributed by atoms with E-state index in [1.165, 1.54) is 0 Å². The number of rotatable bonds is 8. The molecule has 2 aromatic carbocycles. The number of ether oxygens (including phenoxy) is 3. The van der Waals surface area contributed by atoms with Gasteiger partial charge in [0.1, 0.15) is 29.4 Å². The van der Waals surface area contributed by atoms with E-state index in [-0.39, 0.29) is 34.9 Å². The van der Waals surface area contributed by atoms with Crippen molar-refractivity contribution >= 4 is 12.4 Å². The van der Waals surface area contributed by atoms with Crippen molar-refractivity contribution in [3.05, 3.63) is 77.5 Å². The minimum Gasteiger partial charge on any atom is -0.490 e. The maximum absolute atomic E-state index is 11.9. The first kappa shape index (κ1) is 26.1. The molecule has 1 aromatic heterocycles. The van der Waals surface area contributed by atoms with Crippen LogP contribution in [0.15, 0.2) is 60.7 Å². The second-order valence-electron chi connectivity index (χ2n) is 10.8. The minimum absolute atomic E-state index is 0.0400. The molecular weight excluding hydrogens is 470 g/mol. The van der Waals surface area contributed by atoms with Gasteiger partial charge in [0.05, 0.1) is 0 Å². The van der Waals surface area contributed by atoms with E-state index >= 15 is 0 Å². The van der Waals surface area contributed by atoms with Crippen LogP contribution in [0.4, 0.5) is 4.79 Å². The van der Waals surface area contributed by atoms with Gasteiger partial charge in [0.25, 0.3) is 0 Å². The molecule has 1 saturated carbocycles. The summed E-state index contributed by atoms with van der Waals surface area (Å²) in [6.07, 6.45) is 1.56. The van der Waals surface area contributed by atoms with Crippen molar-refractivity contribution < 1.29 is 23.8 Å². The van der Waals surface area contributed by atoms with Crippen molar-refractivity contribution in [3.8, 4) is 17.4 Å². The molecule has 0 spiro atoms. The maximum atomic E-state index is 11.9. The van der Waals surface area contributed by atoms with Gasteiger partial charge in [-0.05, 0) is 62.2 Å². The molecule has 0 radical (unpaired) electrons. The Bertz CT molecular complexity index is 1210. The van der Waals surface area contributed by atoms with Crippen molar-refractivity contribution in [3.63, 3.8) is 0 Å². The number of alkyl carbamates (subject to hydrolysis) is 1. The molecule has 1 amide bonds. The Morgan fingerprint density at radius 3 is 1.95 bits per heavy atom. The Labute approximate surface area is 217 Å². The second-order valence-corrected chi connectivity index (χ2v) is 10.8. The third-order valence-electron chi connectivity index (χ3n) is 6.26. The fourth-order valence-corrected chi connectivity index (χ4v) is 4.01. The number of benzene rings is 2. The molecule has 4 rings (SSSR count). The van der Waals surface area contributed by atoms with E-state index in [1.54, 1.807) is 12.1 Å². The highest BCUT2D eigenvalue weighted by Crippen LogP contribution is 2.35. The quantitative estimate of drug-likeness (QED) is 0.385. The number of hydrogen-bond donors (Lipinski definition) is 1. The van der Waals surface area contributed by atoms with Crippen molar-refractivity contribution in [2.45, 2.75) is 70.6 Å². The lowest BCUT2D eigenvalue weighted by atomic mass is 9.78. The molecule has 0 bridgehead atoms. The summed E-state index contributed by atoms with van der Waals surface area (Å²) >= 11 is 0. The highest BCUT2D eigenvalue weighted by Gasteiger charge is 2.34. The average Bonchev–Trinajstić information content (AvgIpc) is 2.83. The van der Waals surface area contributed by atoms with Gasteiger partial charge in [0, 0.05) is 29.9 Å².